The smallest absolute Gasteiger partial charge is 0.338 e. The zero-order chi connectivity index (χ0) is 17.8. The zero-order valence-corrected chi connectivity index (χ0v) is 14.3. The highest BCUT2D eigenvalue weighted by Gasteiger charge is 2.32. The van der Waals surface area contributed by atoms with Crippen LogP contribution in [-0.4, -0.2) is 40.2 Å². The summed E-state index contributed by atoms with van der Waals surface area (Å²) in [6.07, 6.45) is 2.51. The van der Waals surface area contributed by atoms with Crippen LogP contribution < -0.4 is 5.32 Å². The van der Waals surface area contributed by atoms with E-state index < -0.39 is 0 Å². The van der Waals surface area contributed by atoms with E-state index >= 15 is 0 Å². The number of aromatic nitrogens is 3. The molecular formula is C20H20N4O2. The van der Waals surface area contributed by atoms with Gasteiger partial charge in [-0.25, -0.2) is 9.48 Å². The summed E-state index contributed by atoms with van der Waals surface area (Å²) in [6.45, 7) is 1.48. The van der Waals surface area contributed by atoms with E-state index in [2.05, 4.69) is 15.6 Å². The zero-order valence-electron chi connectivity index (χ0n) is 14.3. The number of benzene rings is 2. The van der Waals surface area contributed by atoms with Crippen LogP contribution in [0.15, 0.2) is 66.9 Å². The monoisotopic (exact) mass is 348 g/mol. The second kappa shape index (κ2) is 7.49. The van der Waals surface area contributed by atoms with Gasteiger partial charge in [0.1, 0.15) is 6.10 Å². The molecule has 2 heterocycles. The largest absolute Gasteiger partial charge is 0.457 e. The third-order valence-electron chi connectivity index (χ3n) is 4.61. The lowest BCUT2D eigenvalue weighted by Crippen LogP contribution is -2.42. The van der Waals surface area contributed by atoms with E-state index in [0.717, 1.165) is 24.3 Å². The lowest BCUT2D eigenvalue weighted by Gasteiger charge is -2.30. The third kappa shape index (κ3) is 3.50. The quantitative estimate of drug-likeness (QED) is 0.734. The molecule has 26 heavy (non-hydrogen) atoms. The molecule has 0 saturated carbocycles. The first kappa shape index (κ1) is 16.5. The highest BCUT2D eigenvalue weighted by Crippen LogP contribution is 2.27. The van der Waals surface area contributed by atoms with E-state index in [4.69, 9.17) is 4.74 Å². The molecule has 4 rings (SSSR count). The Morgan fingerprint density at radius 2 is 1.81 bits per heavy atom. The van der Waals surface area contributed by atoms with E-state index in [1.165, 1.54) is 0 Å². The molecule has 0 bridgehead atoms. The van der Waals surface area contributed by atoms with Crippen LogP contribution in [-0.2, 0) is 4.74 Å². The number of piperidine rings is 1. The number of hydrogen-bond donors (Lipinski definition) is 1. The molecular weight excluding hydrogens is 328 g/mol. The summed E-state index contributed by atoms with van der Waals surface area (Å²) in [5, 5.41) is 11.9. The van der Waals surface area contributed by atoms with E-state index in [9.17, 15) is 4.79 Å². The summed E-state index contributed by atoms with van der Waals surface area (Å²) in [5.74, 6) is -0.277. The lowest BCUT2D eigenvalue weighted by molar-refractivity contribution is 0.0178. The fraction of sp³-hybridized carbons (Fsp3) is 0.250. The SMILES string of the molecule is O=C(O[C@H]1CNCC[C@@H]1c1cn(-c2ccccc2)nn1)c1ccccc1. The molecule has 1 N–H and O–H groups in total. The van der Waals surface area contributed by atoms with Gasteiger partial charge in [-0.3, -0.25) is 0 Å². The van der Waals surface area contributed by atoms with Gasteiger partial charge in [0.05, 0.1) is 23.1 Å². The van der Waals surface area contributed by atoms with Crippen molar-refractivity contribution in [3.8, 4) is 5.69 Å². The Kier molecular flexibility index (Phi) is 4.75. The summed E-state index contributed by atoms with van der Waals surface area (Å²) < 4.78 is 7.54. The van der Waals surface area contributed by atoms with E-state index in [1.54, 1.807) is 16.8 Å². The van der Waals surface area contributed by atoms with Gasteiger partial charge in [-0.1, -0.05) is 41.6 Å². The number of rotatable bonds is 4. The van der Waals surface area contributed by atoms with Crippen molar-refractivity contribution in [2.45, 2.75) is 18.4 Å². The second-order valence-electron chi connectivity index (χ2n) is 6.33. The fourth-order valence-corrected chi connectivity index (χ4v) is 3.23. The molecule has 0 spiro atoms. The molecule has 1 saturated heterocycles. The number of esters is 1. The molecule has 1 aromatic heterocycles. The fourth-order valence-electron chi connectivity index (χ4n) is 3.23. The molecule has 2 atom stereocenters. The van der Waals surface area contributed by atoms with Crippen molar-refractivity contribution in [1.29, 1.82) is 0 Å². The Labute approximate surface area is 151 Å². The Balaban J connectivity index is 1.53. The van der Waals surface area contributed by atoms with Crippen molar-refractivity contribution < 1.29 is 9.53 Å². The van der Waals surface area contributed by atoms with Gasteiger partial charge in [0, 0.05) is 12.5 Å². The van der Waals surface area contributed by atoms with Crippen molar-refractivity contribution in [1.82, 2.24) is 20.3 Å². The number of carbonyl (C=O) groups excluding carboxylic acids is 1. The van der Waals surface area contributed by atoms with Crippen LogP contribution >= 0.6 is 0 Å². The summed E-state index contributed by atoms with van der Waals surface area (Å²) in [5.41, 5.74) is 2.36. The highest BCUT2D eigenvalue weighted by atomic mass is 16.5. The maximum absolute atomic E-state index is 12.4. The van der Waals surface area contributed by atoms with Crippen LogP contribution in [0.2, 0.25) is 0 Å². The first-order chi connectivity index (χ1) is 12.8. The van der Waals surface area contributed by atoms with Crippen LogP contribution in [0, 0.1) is 0 Å². The summed E-state index contributed by atoms with van der Waals surface area (Å²) in [4.78, 5) is 12.4. The minimum atomic E-state index is -0.306. The number of carbonyl (C=O) groups is 1. The average Bonchev–Trinajstić information content (AvgIpc) is 3.20. The standard InChI is InChI=1S/C20H20N4O2/c25-20(15-7-3-1-4-8-15)26-19-13-21-12-11-17(19)18-14-24(23-22-18)16-9-5-2-6-10-16/h1-10,14,17,19,21H,11-13H2/t17-,19+/m1/s1. The first-order valence-corrected chi connectivity index (χ1v) is 8.76. The van der Waals surface area contributed by atoms with Crippen molar-refractivity contribution in [3.63, 3.8) is 0 Å². The van der Waals surface area contributed by atoms with Gasteiger partial charge in [-0.2, -0.15) is 0 Å². The summed E-state index contributed by atoms with van der Waals surface area (Å²) in [6, 6.07) is 18.9. The number of nitrogens with zero attached hydrogens (tertiary/aromatic N) is 3. The van der Waals surface area contributed by atoms with E-state index in [-0.39, 0.29) is 18.0 Å². The topological polar surface area (TPSA) is 69.0 Å². The van der Waals surface area contributed by atoms with E-state index in [0.29, 0.717) is 12.1 Å². The van der Waals surface area contributed by atoms with Gasteiger partial charge in [0.25, 0.3) is 0 Å². The van der Waals surface area contributed by atoms with Gasteiger partial charge < -0.3 is 10.1 Å². The number of nitrogens with one attached hydrogen (secondary N) is 1. The predicted octanol–water partition coefficient (Wildman–Crippen LogP) is 2.57. The maximum atomic E-state index is 12.4. The molecule has 3 aromatic rings. The molecule has 0 radical (unpaired) electrons. The molecule has 0 aliphatic carbocycles. The van der Waals surface area contributed by atoms with Gasteiger partial charge in [-0.05, 0) is 37.2 Å². The van der Waals surface area contributed by atoms with Gasteiger partial charge in [-0.15, -0.1) is 5.10 Å². The molecule has 0 unspecified atom stereocenters. The minimum absolute atomic E-state index is 0.0291. The van der Waals surface area contributed by atoms with Crippen LogP contribution in [0.3, 0.4) is 0 Å². The molecule has 2 aromatic carbocycles. The van der Waals surface area contributed by atoms with Gasteiger partial charge in [0.2, 0.25) is 0 Å². The van der Waals surface area contributed by atoms with E-state index in [1.807, 2.05) is 54.7 Å². The van der Waals surface area contributed by atoms with Gasteiger partial charge >= 0.3 is 5.97 Å². The molecule has 6 nitrogen and oxygen atoms in total. The minimum Gasteiger partial charge on any atom is -0.457 e. The predicted molar refractivity (Wildman–Crippen MR) is 97.2 cm³/mol. The molecule has 1 aliphatic rings. The van der Waals surface area contributed by atoms with Crippen molar-refractivity contribution in [3.05, 3.63) is 78.1 Å². The molecule has 0 amide bonds. The third-order valence-corrected chi connectivity index (χ3v) is 4.61. The Hall–Kier alpha value is -2.99. The molecule has 1 aliphatic heterocycles. The van der Waals surface area contributed by atoms with Crippen molar-refractivity contribution in [2.75, 3.05) is 13.1 Å². The van der Waals surface area contributed by atoms with Crippen LogP contribution in [0.1, 0.15) is 28.4 Å². The highest BCUT2D eigenvalue weighted by molar-refractivity contribution is 5.89. The van der Waals surface area contributed by atoms with Crippen molar-refractivity contribution in [2.24, 2.45) is 0 Å². The summed E-state index contributed by atoms with van der Waals surface area (Å²) in [7, 11) is 0. The normalized spacial score (nSPS) is 19.8. The van der Waals surface area contributed by atoms with Crippen LogP contribution in [0.25, 0.3) is 5.69 Å². The maximum Gasteiger partial charge on any atom is 0.338 e. The Morgan fingerprint density at radius 3 is 2.58 bits per heavy atom. The first-order valence-electron chi connectivity index (χ1n) is 8.76. The second-order valence-corrected chi connectivity index (χ2v) is 6.33. The van der Waals surface area contributed by atoms with Crippen molar-refractivity contribution >= 4 is 5.97 Å². The molecule has 132 valence electrons. The Bertz CT molecular complexity index is 864. The number of para-hydroxylation sites is 1. The molecule has 6 heteroatoms. The van der Waals surface area contributed by atoms with Crippen LogP contribution in [0.4, 0.5) is 0 Å². The van der Waals surface area contributed by atoms with Gasteiger partial charge in [0.15, 0.2) is 0 Å². The number of ether oxygens (including phenoxy) is 1. The lowest BCUT2D eigenvalue weighted by atomic mass is 9.92. The number of hydrogen-bond acceptors (Lipinski definition) is 5. The summed E-state index contributed by atoms with van der Waals surface area (Å²) >= 11 is 0. The Morgan fingerprint density at radius 1 is 1.08 bits per heavy atom. The van der Waals surface area contributed by atoms with Crippen LogP contribution in [0.5, 0.6) is 0 Å². The molecule has 1 fully saturated rings. The average molecular weight is 348 g/mol.